The molecule has 0 aliphatic carbocycles. The lowest BCUT2D eigenvalue weighted by Crippen LogP contribution is -1.93. The summed E-state index contributed by atoms with van der Waals surface area (Å²) in [7, 11) is 0. The van der Waals surface area contributed by atoms with Gasteiger partial charge in [-0.2, -0.15) is 0 Å². The Bertz CT molecular complexity index is 402. The molecule has 0 aliphatic rings. The van der Waals surface area contributed by atoms with Crippen LogP contribution in [-0.4, -0.2) is 16.0 Å². The Morgan fingerprint density at radius 2 is 2.17 bits per heavy atom. The molecular formula is C8H6N2OS. The Balaban J connectivity index is 2.70. The van der Waals surface area contributed by atoms with Crippen molar-refractivity contribution < 1.29 is 5.11 Å². The molecule has 0 aliphatic heterocycles. The fourth-order valence-electron chi connectivity index (χ4n) is 0.973. The molecular weight excluding hydrogens is 172 g/mol. The first-order valence-electron chi connectivity index (χ1n) is 3.41. The Morgan fingerprint density at radius 3 is 2.83 bits per heavy atom. The van der Waals surface area contributed by atoms with Gasteiger partial charge in [0.15, 0.2) is 5.01 Å². The molecule has 0 saturated heterocycles. The number of hydrogen-bond acceptors (Lipinski definition) is 3. The number of aliphatic hydroxyl groups excluding tert-OH is 1. The first-order valence-corrected chi connectivity index (χ1v) is 4.22. The first kappa shape index (κ1) is 7.24. The maximum atomic E-state index is 8.86. The molecule has 0 atom stereocenters. The van der Waals surface area contributed by atoms with Gasteiger partial charge in [-0.05, 0) is 12.1 Å². The van der Waals surface area contributed by atoms with E-state index in [0.717, 1.165) is 10.2 Å². The van der Waals surface area contributed by atoms with Crippen LogP contribution in [0.15, 0.2) is 24.3 Å². The van der Waals surface area contributed by atoms with Gasteiger partial charge in [-0.25, -0.2) is 4.98 Å². The minimum atomic E-state index is -0.462. The Kier molecular flexibility index (Phi) is 1.55. The summed E-state index contributed by atoms with van der Waals surface area (Å²) in [5, 5.41) is 16.2. The maximum absolute atomic E-state index is 8.86. The van der Waals surface area contributed by atoms with E-state index in [4.69, 9.17) is 10.5 Å². The van der Waals surface area contributed by atoms with Gasteiger partial charge in [0.1, 0.15) is 0 Å². The number of aliphatic hydroxyl groups is 1. The van der Waals surface area contributed by atoms with Crippen molar-refractivity contribution in [2.24, 2.45) is 0 Å². The number of benzene rings is 1. The van der Waals surface area contributed by atoms with E-state index in [-0.39, 0.29) is 0 Å². The second-order valence-corrected chi connectivity index (χ2v) is 3.37. The van der Waals surface area contributed by atoms with Gasteiger partial charge in [-0.15, -0.1) is 11.3 Å². The highest BCUT2D eigenvalue weighted by Gasteiger charge is 2.05. The fourth-order valence-corrected chi connectivity index (χ4v) is 1.79. The van der Waals surface area contributed by atoms with Crippen LogP contribution >= 0.6 is 11.3 Å². The number of aromatic nitrogens is 1. The van der Waals surface area contributed by atoms with Crippen molar-refractivity contribution in [1.82, 2.24) is 4.98 Å². The predicted molar refractivity (Wildman–Crippen MR) is 49.1 cm³/mol. The van der Waals surface area contributed by atoms with Gasteiger partial charge in [-0.1, -0.05) is 12.1 Å². The SMILES string of the molecule is N=C(O)c1nc2ccccc2s1. The molecule has 2 N–H and O–H groups in total. The van der Waals surface area contributed by atoms with Crippen LogP contribution < -0.4 is 0 Å². The van der Waals surface area contributed by atoms with Crippen LogP contribution in [0.4, 0.5) is 0 Å². The number of hydrogen-bond donors (Lipinski definition) is 2. The summed E-state index contributed by atoms with van der Waals surface area (Å²) >= 11 is 1.32. The van der Waals surface area contributed by atoms with Crippen molar-refractivity contribution in [3.63, 3.8) is 0 Å². The molecule has 0 fully saturated rings. The third kappa shape index (κ3) is 1.06. The van der Waals surface area contributed by atoms with E-state index < -0.39 is 5.90 Å². The molecule has 0 unspecified atom stereocenters. The average Bonchev–Trinajstić information content (AvgIpc) is 2.46. The molecule has 1 aromatic carbocycles. The molecule has 3 nitrogen and oxygen atoms in total. The summed E-state index contributed by atoms with van der Waals surface area (Å²) < 4.78 is 0.992. The number of rotatable bonds is 1. The largest absolute Gasteiger partial charge is 0.492 e. The number of para-hydroxylation sites is 1. The van der Waals surface area contributed by atoms with E-state index in [1.165, 1.54) is 11.3 Å². The minimum Gasteiger partial charge on any atom is -0.492 e. The third-order valence-electron chi connectivity index (χ3n) is 1.50. The van der Waals surface area contributed by atoms with Crippen LogP contribution in [0.25, 0.3) is 10.2 Å². The zero-order valence-electron chi connectivity index (χ0n) is 6.11. The highest BCUT2D eigenvalue weighted by Crippen LogP contribution is 2.20. The Labute approximate surface area is 72.8 Å². The van der Waals surface area contributed by atoms with E-state index in [9.17, 15) is 0 Å². The molecule has 0 amide bonds. The number of fused-ring (bicyclic) bond motifs is 1. The van der Waals surface area contributed by atoms with Crippen LogP contribution in [-0.2, 0) is 0 Å². The molecule has 60 valence electrons. The van der Waals surface area contributed by atoms with Crippen molar-refractivity contribution >= 4 is 27.5 Å². The summed E-state index contributed by atoms with van der Waals surface area (Å²) in [6.45, 7) is 0. The predicted octanol–water partition coefficient (Wildman–Crippen LogP) is 2.18. The summed E-state index contributed by atoms with van der Waals surface area (Å²) in [6, 6.07) is 7.57. The lowest BCUT2D eigenvalue weighted by molar-refractivity contribution is 0.549. The minimum absolute atomic E-state index is 0.371. The molecule has 1 aromatic heterocycles. The van der Waals surface area contributed by atoms with Gasteiger partial charge in [0, 0.05) is 0 Å². The quantitative estimate of drug-likeness (QED) is 0.519. The summed E-state index contributed by atoms with van der Waals surface area (Å²) in [4.78, 5) is 4.06. The van der Waals surface area contributed by atoms with Crippen molar-refractivity contribution in [2.75, 3.05) is 0 Å². The highest BCUT2D eigenvalue weighted by atomic mass is 32.1. The van der Waals surface area contributed by atoms with Crippen LogP contribution in [0.5, 0.6) is 0 Å². The van der Waals surface area contributed by atoms with Gasteiger partial charge in [0.05, 0.1) is 10.2 Å². The van der Waals surface area contributed by atoms with Crippen LogP contribution in [0.2, 0.25) is 0 Å². The van der Waals surface area contributed by atoms with E-state index in [0.29, 0.717) is 5.01 Å². The average molecular weight is 178 g/mol. The highest BCUT2D eigenvalue weighted by molar-refractivity contribution is 7.20. The molecule has 1 heterocycles. The molecule has 0 radical (unpaired) electrons. The van der Waals surface area contributed by atoms with Crippen molar-refractivity contribution in [1.29, 1.82) is 5.41 Å². The van der Waals surface area contributed by atoms with Gasteiger partial charge in [-0.3, -0.25) is 5.41 Å². The summed E-state index contributed by atoms with van der Waals surface area (Å²) in [6.07, 6.45) is 0. The number of nitrogens with one attached hydrogen (secondary N) is 1. The van der Waals surface area contributed by atoms with Crippen molar-refractivity contribution in [3.05, 3.63) is 29.3 Å². The summed E-state index contributed by atoms with van der Waals surface area (Å²) in [5.41, 5.74) is 0.830. The molecule has 4 heteroatoms. The Hall–Kier alpha value is -1.42. The van der Waals surface area contributed by atoms with Gasteiger partial charge in [0.2, 0.25) is 5.90 Å². The van der Waals surface area contributed by atoms with E-state index in [1.807, 2.05) is 24.3 Å². The zero-order valence-corrected chi connectivity index (χ0v) is 6.93. The first-order chi connectivity index (χ1) is 5.77. The molecule has 2 aromatic rings. The lowest BCUT2D eigenvalue weighted by atomic mass is 10.3. The van der Waals surface area contributed by atoms with Gasteiger partial charge in [0.25, 0.3) is 0 Å². The van der Waals surface area contributed by atoms with Crippen molar-refractivity contribution in [2.45, 2.75) is 0 Å². The van der Waals surface area contributed by atoms with Crippen LogP contribution in [0, 0.1) is 5.41 Å². The molecule has 12 heavy (non-hydrogen) atoms. The smallest absolute Gasteiger partial charge is 0.240 e. The molecule has 0 saturated carbocycles. The molecule has 0 bridgehead atoms. The van der Waals surface area contributed by atoms with E-state index in [1.54, 1.807) is 0 Å². The Morgan fingerprint density at radius 1 is 1.42 bits per heavy atom. The molecule has 0 spiro atoms. The second-order valence-electron chi connectivity index (χ2n) is 2.34. The van der Waals surface area contributed by atoms with Crippen LogP contribution in [0.3, 0.4) is 0 Å². The monoisotopic (exact) mass is 178 g/mol. The van der Waals surface area contributed by atoms with E-state index >= 15 is 0 Å². The fraction of sp³-hybridized carbons (Fsp3) is 0. The lowest BCUT2D eigenvalue weighted by Gasteiger charge is -1.82. The van der Waals surface area contributed by atoms with Gasteiger partial charge >= 0.3 is 0 Å². The van der Waals surface area contributed by atoms with Crippen molar-refractivity contribution in [3.8, 4) is 0 Å². The third-order valence-corrected chi connectivity index (χ3v) is 2.54. The van der Waals surface area contributed by atoms with E-state index in [2.05, 4.69) is 4.98 Å². The molecule has 2 rings (SSSR count). The summed E-state index contributed by atoms with van der Waals surface area (Å²) in [5.74, 6) is -0.462. The second kappa shape index (κ2) is 2.57. The number of nitrogens with zero attached hydrogens (tertiary/aromatic N) is 1. The maximum Gasteiger partial charge on any atom is 0.240 e. The number of thiazole rings is 1. The van der Waals surface area contributed by atoms with Gasteiger partial charge < -0.3 is 5.11 Å². The standard InChI is InChI=1S/C8H6N2OS/c9-7(11)8-10-5-3-1-2-4-6(5)12-8/h1-4H,(H2,9,11). The normalized spacial score (nSPS) is 10.3. The van der Waals surface area contributed by atoms with Crippen LogP contribution in [0.1, 0.15) is 5.01 Å². The topological polar surface area (TPSA) is 57.0 Å². The zero-order chi connectivity index (χ0) is 8.55.